The molecular weight excluding hydrogens is 477 g/mol. The van der Waals surface area contributed by atoms with Crippen LogP contribution in [0.3, 0.4) is 0 Å². The summed E-state index contributed by atoms with van der Waals surface area (Å²) in [7, 11) is 6.28. The highest BCUT2D eigenvalue weighted by Gasteiger charge is 2.39. The van der Waals surface area contributed by atoms with Gasteiger partial charge in [-0.3, -0.25) is 9.89 Å². The van der Waals surface area contributed by atoms with Crippen molar-refractivity contribution in [3.8, 4) is 0 Å². The minimum Gasteiger partial charge on any atom is -0.381 e. The van der Waals surface area contributed by atoms with Crippen LogP contribution in [-0.2, 0) is 4.74 Å². The lowest BCUT2D eigenvalue weighted by atomic mass is 9.79. The van der Waals surface area contributed by atoms with Crippen LogP contribution < -0.4 is 10.6 Å². The zero-order valence-electron chi connectivity index (χ0n) is 19.0. The van der Waals surface area contributed by atoms with E-state index in [1.54, 1.807) is 0 Å². The third-order valence-electron chi connectivity index (χ3n) is 7.58. The predicted molar refractivity (Wildman–Crippen MR) is 132 cm³/mol. The van der Waals surface area contributed by atoms with Gasteiger partial charge in [0.1, 0.15) is 0 Å². The Balaban J connectivity index is 0.00000300. The lowest BCUT2D eigenvalue weighted by Gasteiger charge is -2.48. The Labute approximate surface area is 195 Å². The van der Waals surface area contributed by atoms with Crippen LogP contribution >= 0.6 is 24.0 Å². The number of likely N-dealkylation sites (tertiary alicyclic amines) is 1. The van der Waals surface area contributed by atoms with Crippen LogP contribution in [-0.4, -0.2) is 87.4 Å². The molecule has 2 heterocycles. The number of piperidine rings is 1. The molecule has 0 unspecified atom stereocenters. The molecule has 2 saturated heterocycles. The van der Waals surface area contributed by atoms with Crippen molar-refractivity contribution in [1.29, 1.82) is 0 Å². The van der Waals surface area contributed by atoms with Gasteiger partial charge < -0.3 is 20.3 Å². The van der Waals surface area contributed by atoms with Crippen molar-refractivity contribution >= 4 is 29.9 Å². The van der Waals surface area contributed by atoms with Gasteiger partial charge in [-0.1, -0.05) is 25.7 Å². The van der Waals surface area contributed by atoms with E-state index >= 15 is 0 Å². The fraction of sp³-hybridized carbons (Fsp3) is 0.955. The summed E-state index contributed by atoms with van der Waals surface area (Å²) in [6, 6.07) is 0. The Morgan fingerprint density at radius 1 is 0.897 bits per heavy atom. The Bertz CT molecular complexity index is 495. The second-order valence-corrected chi connectivity index (χ2v) is 9.34. The topological polar surface area (TPSA) is 52.1 Å². The van der Waals surface area contributed by atoms with Crippen molar-refractivity contribution in [3.63, 3.8) is 0 Å². The number of nitrogens with one attached hydrogen (secondary N) is 2. The van der Waals surface area contributed by atoms with E-state index in [-0.39, 0.29) is 29.5 Å². The van der Waals surface area contributed by atoms with Crippen molar-refractivity contribution in [1.82, 2.24) is 20.4 Å². The van der Waals surface area contributed by atoms with Gasteiger partial charge in [-0.25, -0.2) is 0 Å². The lowest BCUT2D eigenvalue weighted by molar-refractivity contribution is -0.00510. The molecule has 0 amide bonds. The molecule has 0 aromatic heterocycles. The summed E-state index contributed by atoms with van der Waals surface area (Å²) in [5.41, 5.74) is 0.486. The van der Waals surface area contributed by atoms with Crippen molar-refractivity contribution in [2.45, 2.75) is 75.3 Å². The minimum absolute atomic E-state index is 0. The zero-order valence-corrected chi connectivity index (χ0v) is 21.3. The maximum Gasteiger partial charge on any atom is 0.191 e. The smallest absolute Gasteiger partial charge is 0.191 e. The maximum atomic E-state index is 5.61. The van der Waals surface area contributed by atoms with E-state index in [1.165, 1.54) is 64.5 Å². The third-order valence-corrected chi connectivity index (χ3v) is 7.58. The molecule has 3 fully saturated rings. The van der Waals surface area contributed by atoms with Crippen LogP contribution in [0.1, 0.15) is 64.2 Å². The SMILES string of the molecule is CN=C(NCC1(N(C)C)CCOCC1)NCC1(N2CCCCC2)CCCCC1.I. The van der Waals surface area contributed by atoms with Gasteiger partial charge in [0.15, 0.2) is 5.96 Å². The highest BCUT2D eigenvalue weighted by molar-refractivity contribution is 14.0. The number of aliphatic imine (C=N–C) groups is 1. The quantitative estimate of drug-likeness (QED) is 0.320. The van der Waals surface area contributed by atoms with Crippen LogP contribution in [0.25, 0.3) is 0 Å². The van der Waals surface area contributed by atoms with Crippen LogP contribution in [0, 0.1) is 0 Å². The van der Waals surface area contributed by atoms with E-state index in [0.717, 1.165) is 45.1 Å². The summed E-state index contributed by atoms with van der Waals surface area (Å²) in [5, 5.41) is 7.36. The van der Waals surface area contributed by atoms with Gasteiger partial charge in [-0.2, -0.15) is 0 Å². The van der Waals surface area contributed by atoms with Gasteiger partial charge >= 0.3 is 0 Å². The van der Waals surface area contributed by atoms with Gasteiger partial charge in [0.25, 0.3) is 0 Å². The second kappa shape index (κ2) is 12.1. The van der Waals surface area contributed by atoms with Crippen LogP contribution in [0.5, 0.6) is 0 Å². The average Bonchev–Trinajstić information content (AvgIpc) is 2.75. The molecule has 2 aliphatic heterocycles. The van der Waals surface area contributed by atoms with Crippen LogP contribution in [0.15, 0.2) is 4.99 Å². The molecule has 7 heteroatoms. The predicted octanol–water partition coefficient (Wildman–Crippen LogP) is 3.07. The molecular formula is C22H44IN5O. The first-order valence-electron chi connectivity index (χ1n) is 11.6. The van der Waals surface area contributed by atoms with Gasteiger partial charge in [0.05, 0.1) is 0 Å². The Kier molecular flexibility index (Phi) is 10.5. The summed E-state index contributed by atoms with van der Waals surface area (Å²) in [4.78, 5) is 9.72. The number of likely N-dealkylation sites (N-methyl/N-ethyl adjacent to an activating group) is 1. The third kappa shape index (κ3) is 6.43. The van der Waals surface area contributed by atoms with Gasteiger partial charge in [0.2, 0.25) is 0 Å². The fourth-order valence-corrected chi connectivity index (χ4v) is 5.43. The molecule has 1 saturated carbocycles. The number of nitrogens with zero attached hydrogens (tertiary/aromatic N) is 3. The molecule has 1 aliphatic carbocycles. The Morgan fingerprint density at radius 2 is 1.48 bits per heavy atom. The first-order valence-corrected chi connectivity index (χ1v) is 11.6. The number of ether oxygens (including phenoxy) is 1. The van der Waals surface area contributed by atoms with E-state index in [0.29, 0.717) is 5.54 Å². The summed E-state index contributed by atoms with van der Waals surface area (Å²) < 4.78 is 5.61. The van der Waals surface area contributed by atoms with E-state index in [9.17, 15) is 0 Å². The van der Waals surface area contributed by atoms with E-state index in [2.05, 4.69) is 39.5 Å². The summed E-state index contributed by atoms with van der Waals surface area (Å²) in [5.74, 6) is 0.953. The molecule has 6 nitrogen and oxygen atoms in total. The standard InChI is InChI=1S/C22H43N5O.HI/c1-23-20(24-18-21(26(2)3)12-16-28-17-13-21)25-19-22(10-6-4-7-11-22)27-14-8-5-9-15-27;/h4-19H2,1-3H3,(H2,23,24,25);1H. The molecule has 0 atom stereocenters. The number of guanidine groups is 1. The molecule has 2 N–H and O–H groups in total. The van der Waals surface area contributed by atoms with E-state index < -0.39 is 0 Å². The van der Waals surface area contributed by atoms with Crippen LogP contribution in [0.4, 0.5) is 0 Å². The van der Waals surface area contributed by atoms with Gasteiger partial charge in [0, 0.05) is 44.4 Å². The number of hydrogen-bond acceptors (Lipinski definition) is 4. The largest absolute Gasteiger partial charge is 0.381 e. The van der Waals surface area contributed by atoms with Crippen molar-refractivity contribution in [3.05, 3.63) is 0 Å². The zero-order chi connectivity index (χ0) is 19.9. The summed E-state index contributed by atoms with van der Waals surface area (Å²) >= 11 is 0. The normalized spacial score (nSPS) is 25.3. The number of hydrogen-bond donors (Lipinski definition) is 2. The van der Waals surface area contributed by atoms with Crippen LogP contribution in [0.2, 0.25) is 0 Å². The van der Waals surface area contributed by atoms with Gasteiger partial charge in [-0.15, -0.1) is 24.0 Å². The van der Waals surface area contributed by atoms with E-state index in [4.69, 9.17) is 4.74 Å². The fourth-order valence-electron chi connectivity index (χ4n) is 5.43. The monoisotopic (exact) mass is 521 g/mol. The van der Waals surface area contributed by atoms with Crippen molar-refractivity contribution in [2.24, 2.45) is 4.99 Å². The average molecular weight is 522 g/mol. The Hall–Kier alpha value is -0.120. The second-order valence-electron chi connectivity index (χ2n) is 9.34. The van der Waals surface area contributed by atoms with Crippen molar-refractivity contribution in [2.75, 3.05) is 60.5 Å². The highest BCUT2D eigenvalue weighted by atomic mass is 127. The van der Waals surface area contributed by atoms with E-state index in [1.807, 2.05) is 7.05 Å². The molecule has 3 aliphatic rings. The number of rotatable bonds is 6. The first-order chi connectivity index (χ1) is 13.6. The maximum absolute atomic E-state index is 5.61. The Morgan fingerprint density at radius 3 is 2.07 bits per heavy atom. The minimum atomic E-state index is 0. The molecule has 0 bridgehead atoms. The summed E-state index contributed by atoms with van der Waals surface area (Å²) in [6.45, 7) is 6.19. The molecule has 0 aromatic rings. The molecule has 29 heavy (non-hydrogen) atoms. The highest BCUT2D eigenvalue weighted by Crippen LogP contribution is 2.35. The molecule has 3 rings (SSSR count). The molecule has 0 aromatic carbocycles. The lowest BCUT2D eigenvalue weighted by Crippen LogP contribution is -2.61. The first kappa shape index (κ1) is 25.1. The molecule has 170 valence electrons. The summed E-state index contributed by atoms with van der Waals surface area (Å²) in [6.07, 6.45) is 13.1. The molecule has 0 spiro atoms. The number of halogens is 1. The van der Waals surface area contributed by atoms with Crippen molar-refractivity contribution < 1.29 is 4.74 Å². The molecule has 0 radical (unpaired) electrons. The van der Waals surface area contributed by atoms with Gasteiger partial charge in [-0.05, 0) is 65.7 Å².